The predicted molar refractivity (Wildman–Crippen MR) is 62.1 cm³/mol. The van der Waals surface area contributed by atoms with Crippen LogP contribution in [0.5, 0.6) is 0 Å². The topological polar surface area (TPSA) is 4.93 Å². The smallest absolute Gasteiger partial charge is 0.0455 e. The third-order valence-corrected chi connectivity index (χ3v) is 2.55. The molecule has 2 aromatic carbocycles. The Labute approximate surface area is 88.6 Å². The molecule has 0 spiro atoms. The van der Waals surface area contributed by atoms with Gasteiger partial charge in [-0.05, 0) is 41.1 Å². The summed E-state index contributed by atoms with van der Waals surface area (Å²) in [6, 6.07) is 19.7. The number of hydrogen-bond donors (Lipinski definition) is 0. The fraction of sp³-hybridized carbons (Fsp3) is 0. The van der Waals surface area contributed by atoms with Crippen LogP contribution in [0.4, 0.5) is 0 Å². The monoisotopic (exact) mass is 192 g/mol. The van der Waals surface area contributed by atoms with Crippen LogP contribution < -0.4 is 0 Å². The van der Waals surface area contributed by atoms with Crippen LogP contribution in [0.1, 0.15) is 0 Å². The van der Waals surface area contributed by atoms with Gasteiger partial charge in [-0.1, -0.05) is 24.3 Å². The van der Waals surface area contributed by atoms with Crippen LogP contribution in [0.25, 0.3) is 16.5 Å². The van der Waals surface area contributed by atoms with Gasteiger partial charge in [0.1, 0.15) is 0 Å². The molecule has 1 heterocycles. The zero-order chi connectivity index (χ0) is 10.1. The molecule has 0 aliphatic heterocycles. The largest absolute Gasteiger partial charge is 0.324 e. The van der Waals surface area contributed by atoms with E-state index in [2.05, 4.69) is 34.9 Å². The van der Waals surface area contributed by atoms with Crippen LogP contribution in [-0.2, 0) is 0 Å². The molecular weight excluding hydrogens is 182 g/mol. The van der Waals surface area contributed by atoms with Crippen molar-refractivity contribution in [3.63, 3.8) is 0 Å². The summed E-state index contributed by atoms with van der Waals surface area (Å²) < 4.78 is 2.10. The fourth-order valence-electron chi connectivity index (χ4n) is 1.78. The van der Waals surface area contributed by atoms with Crippen molar-refractivity contribution in [1.29, 1.82) is 0 Å². The zero-order valence-electron chi connectivity index (χ0n) is 8.22. The van der Waals surface area contributed by atoms with E-state index in [0.29, 0.717) is 0 Å². The molecule has 0 bridgehead atoms. The van der Waals surface area contributed by atoms with Gasteiger partial charge in [0.05, 0.1) is 0 Å². The minimum atomic E-state index is 1.16. The highest BCUT2D eigenvalue weighted by Crippen LogP contribution is 2.17. The van der Waals surface area contributed by atoms with E-state index in [0.717, 1.165) is 5.39 Å². The molecule has 0 fully saturated rings. The average Bonchev–Trinajstić information content (AvgIpc) is 2.82. The molecule has 1 heteroatoms. The van der Waals surface area contributed by atoms with Crippen LogP contribution in [0.15, 0.2) is 60.9 Å². The Morgan fingerprint density at radius 2 is 1.80 bits per heavy atom. The molecule has 0 atom stereocenters. The van der Waals surface area contributed by atoms with Crippen LogP contribution in [0, 0.1) is 6.07 Å². The van der Waals surface area contributed by atoms with Crippen LogP contribution in [0.3, 0.4) is 0 Å². The minimum absolute atomic E-state index is 1.16. The maximum absolute atomic E-state index is 3.21. The van der Waals surface area contributed by atoms with Gasteiger partial charge in [-0.3, -0.25) is 0 Å². The highest BCUT2D eigenvalue weighted by atomic mass is 14.9. The molecule has 1 radical (unpaired) electrons. The summed E-state index contributed by atoms with van der Waals surface area (Å²) in [6.07, 6.45) is 4.10. The molecule has 3 rings (SSSR count). The summed E-state index contributed by atoms with van der Waals surface area (Å²) in [5.41, 5.74) is 1.19. The first kappa shape index (κ1) is 8.30. The molecule has 0 saturated carbocycles. The van der Waals surface area contributed by atoms with Gasteiger partial charge < -0.3 is 4.57 Å². The second kappa shape index (κ2) is 3.28. The van der Waals surface area contributed by atoms with E-state index in [1.54, 1.807) is 0 Å². The molecule has 3 aromatic rings. The summed E-state index contributed by atoms with van der Waals surface area (Å²) in [5, 5.41) is 2.39. The number of aromatic nitrogens is 1. The number of fused-ring (bicyclic) bond motifs is 1. The van der Waals surface area contributed by atoms with Crippen molar-refractivity contribution in [3.8, 4) is 5.69 Å². The maximum atomic E-state index is 3.21. The second-order valence-corrected chi connectivity index (χ2v) is 3.53. The van der Waals surface area contributed by atoms with Crippen LogP contribution in [0.2, 0.25) is 0 Å². The van der Waals surface area contributed by atoms with Gasteiger partial charge in [0.2, 0.25) is 0 Å². The normalized spacial score (nSPS) is 10.7. The van der Waals surface area contributed by atoms with E-state index >= 15 is 0 Å². The van der Waals surface area contributed by atoms with Gasteiger partial charge in [0.15, 0.2) is 0 Å². The SMILES string of the molecule is [c]1cccc2cc(-n3cccc3)ccc12. The van der Waals surface area contributed by atoms with E-state index < -0.39 is 0 Å². The van der Waals surface area contributed by atoms with Crippen LogP contribution in [-0.4, -0.2) is 4.57 Å². The first-order valence-corrected chi connectivity index (χ1v) is 4.97. The van der Waals surface area contributed by atoms with Gasteiger partial charge in [0, 0.05) is 18.1 Å². The van der Waals surface area contributed by atoms with E-state index in [4.69, 9.17) is 0 Å². The van der Waals surface area contributed by atoms with E-state index in [9.17, 15) is 0 Å². The zero-order valence-corrected chi connectivity index (χ0v) is 8.22. The van der Waals surface area contributed by atoms with Crippen molar-refractivity contribution in [2.24, 2.45) is 0 Å². The molecule has 15 heavy (non-hydrogen) atoms. The minimum Gasteiger partial charge on any atom is -0.324 e. The van der Waals surface area contributed by atoms with Crippen LogP contribution >= 0.6 is 0 Å². The van der Waals surface area contributed by atoms with Crippen molar-refractivity contribution >= 4 is 10.8 Å². The number of benzene rings is 2. The highest BCUT2D eigenvalue weighted by molar-refractivity contribution is 5.83. The van der Waals surface area contributed by atoms with Gasteiger partial charge in [-0.2, -0.15) is 0 Å². The lowest BCUT2D eigenvalue weighted by Crippen LogP contribution is -1.88. The summed E-state index contributed by atoms with van der Waals surface area (Å²) in [4.78, 5) is 0. The number of hydrogen-bond acceptors (Lipinski definition) is 0. The van der Waals surface area contributed by atoms with Gasteiger partial charge in [0.25, 0.3) is 0 Å². The molecular formula is C14H10N. The lowest BCUT2D eigenvalue weighted by Gasteiger charge is -2.04. The molecule has 1 aromatic heterocycles. The summed E-state index contributed by atoms with van der Waals surface area (Å²) >= 11 is 0. The van der Waals surface area contributed by atoms with Crippen molar-refractivity contribution in [2.45, 2.75) is 0 Å². The first-order chi connectivity index (χ1) is 7.43. The lowest BCUT2D eigenvalue weighted by atomic mass is 10.1. The Morgan fingerprint density at radius 3 is 2.67 bits per heavy atom. The standard InChI is InChI=1S/C14H10N/c1-2-6-13-11-14(8-7-12(13)5-1)15-9-3-4-10-15/h1-4,6-11H. The highest BCUT2D eigenvalue weighted by Gasteiger charge is 1.96. The van der Waals surface area contributed by atoms with Crippen molar-refractivity contribution in [3.05, 3.63) is 67.0 Å². The number of nitrogens with zero attached hydrogens (tertiary/aromatic N) is 1. The Bertz CT molecular complexity index is 579. The number of rotatable bonds is 1. The predicted octanol–water partition coefficient (Wildman–Crippen LogP) is 3.43. The van der Waals surface area contributed by atoms with E-state index in [1.807, 2.05) is 36.7 Å². The molecule has 0 amide bonds. The summed E-state index contributed by atoms with van der Waals surface area (Å²) in [5.74, 6) is 0. The molecule has 0 aliphatic carbocycles. The molecule has 0 N–H and O–H groups in total. The fourth-order valence-corrected chi connectivity index (χ4v) is 1.78. The van der Waals surface area contributed by atoms with E-state index in [-0.39, 0.29) is 0 Å². The van der Waals surface area contributed by atoms with Crippen molar-refractivity contribution in [2.75, 3.05) is 0 Å². The van der Waals surface area contributed by atoms with Crippen molar-refractivity contribution < 1.29 is 0 Å². The van der Waals surface area contributed by atoms with Gasteiger partial charge in [-0.15, -0.1) is 0 Å². The Balaban J connectivity index is 2.22. The molecule has 0 saturated heterocycles. The second-order valence-electron chi connectivity index (χ2n) is 3.53. The van der Waals surface area contributed by atoms with Gasteiger partial charge >= 0.3 is 0 Å². The molecule has 71 valence electrons. The summed E-state index contributed by atoms with van der Waals surface area (Å²) in [7, 11) is 0. The molecule has 1 nitrogen and oxygen atoms in total. The average molecular weight is 192 g/mol. The van der Waals surface area contributed by atoms with Crippen molar-refractivity contribution in [1.82, 2.24) is 4.57 Å². The third-order valence-electron chi connectivity index (χ3n) is 2.55. The Morgan fingerprint density at radius 1 is 0.933 bits per heavy atom. The Hall–Kier alpha value is -2.02. The first-order valence-electron chi connectivity index (χ1n) is 4.97. The molecule has 0 unspecified atom stereocenters. The lowest BCUT2D eigenvalue weighted by molar-refractivity contribution is 1.08. The van der Waals surface area contributed by atoms with E-state index in [1.165, 1.54) is 11.1 Å². The maximum Gasteiger partial charge on any atom is 0.0455 e. The molecule has 0 aliphatic rings. The quantitative estimate of drug-likeness (QED) is 0.556. The van der Waals surface area contributed by atoms with Gasteiger partial charge in [-0.25, -0.2) is 0 Å². The third kappa shape index (κ3) is 1.42. The Kier molecular flexibility index (Phi) is 1.82. The summed E-state index contributed by atoms with van der Waals surface area (Å²) in [6.45, 7) is 0.